The molecule has 0 saturated carbocycles. The van der Waals surface area contributed by atoms with Crippen LogP contribution < -0.4 is 19.8 Å². The second-order valence-corrected chi connectivity index (χ2v) is 10.1. The molecular formula is C26H20BrClN4O6. The van der Waals surface area contributed by atoms with E-state index in [-0.39, 0.29) is 41.3 Å². The Morgan fingerprint density at radius 1 is 1.21 bits per heavy atom. The molecule has 0 fully saturated rings. The Morgan fingerprint density at radius 2 is 2.00 bits per heavy atom. The third kappa shape index (κ3) is 5.07. The second kappa shape index (κ2) is 10.4. The first-order valence-electron chi connectivity index (χ1n) is 11.5. The first-order valence-corrected chi connectivity index (χ1v) is 12.6. The topological polar surface area (TPSA) is 118 Å². The van der Waals surface area contributed by atoms with E-state index in [1.54, 1.807) is 30.3 Å². The predicted molar refractivity (Wildman–Crippen MR) is 146 cm³/mol. The SMILES string of the molecule is CC(C)c1nc2ccc(Br)cc2c(=O)n1N=Cc1cc(Cl)c(OCc2ccc3c(c2)OCO3)c([N+](=O)[O-])c1. The van der Waals surface area contributed by atoms with Gasteiger partial charge < -0.3 is 14.2 Å². The molecule has 0 aliphatic carbocycles. The summed E-state index contributed by atoms with van der Waals surface area (Å²) < 4.78 is 18.3. The van der Waals surface area contributed by atoms with Crippen molar-refractivity contribution < 1.29 is 19.1 Å². The zero-order valence-electron chi connectivity index (χ0n) is 20.2. The lowest BCUT2D eigenvalue weighted by atomic mass is 10.2. The second-order valence-electron chi connectivity index (χ2n) is 8.73. The van der Waals surface area contributed by atoms with Crippen LogP contribution in [0.25, 0.3) is 10.9 Å². The molecule has 194 valence electrons. The van der Waals surface area contributed by atoms with Crippen LogP contribution >= 0.6 is 27.5 Å². The molecule has 0 N–H and O–H groups in total. The van der Waals surface area contributed by atoms with Crippen molar-refractivity contribution in [1.82, 2.24) is 9.66 Å². The van der Waals surface area contributed by atoms with Crippen molar-refractivity contribution in [3.05, 3.63) is 95.4 Å². The van der Waals surface area contributed by atoms with E-state index in [0.29, 0.717) is 33.8 Å². The van der Waals surface area contributed by atoms with Crippen molar-refractivity contribution in [3.8, 4) is 17.2 Å². The fraction of sp³-hybridized carbons (Fsp3) is 0.192. The molecule has 3 aromatic carbocycles. The number of fused-ring (bicyclic) bond motifs is 2. The van der Waals surface area contributed by atoms with Crippen LogP contribution in [0.1, 0.15) is 36.7 Å². The van der Waals surface area contributed by atoms with Crippen molar-refractivity contribution in [2.75, 3.05) is 6.79 Å². The quantitative estimate of drug-likeness (QED) is 0.144. The van der Waals surface area contributed by atoms with Gasteiger partial charge in [-0.3, -0.25) is 14.9 Å². The van der Waals surface area contributed by atoms with Crippen molar-refractivity contribution in [3.63, 3.8) is 0 Å². The molecule has 38 heavy (non-hydrogen) atoms. The van der Waals surface area contributed by atoms with Gasteiger partial charge in [-0.1, -0.05) is 47.4 Å². The molecule has 0 bridgehead atoms. The Morgan fingerprint density at radius 3 is 2.76 bits per heavy atom. The van der Waals surface area contributed by atoms with Gasteiger partial charge in [0.1, 0.15) is 12.4 Å². The molecule has 1 aliphatic rings. The number of benzene rings is 3. The maximum atomic E-state index is 13.2. The van der Waals surface area contributed by atoms with Gasteiger partial charge in [-0.05, 0) is 42.0 Å². The number of nitro groups is 1. The van der Waals surface area contributed by atoms with Crippen LogP contribution in [0.3, 0.4) is 0 Å². The Bertz CT molecular complexity index is 1670. The molecule has 5 rings (SSSR count). The van der Waals surface area contributed by atoms with Crippen LogP contribution in [0.15, 0.2) is 62.9 Å². The number of rotatable bonds is 7. The lowest BCUT2D eigenvalue weighted by molar-refractivity contribution is -0.385. The van der Waals surface area contributed by atoms with E-state index in [1.165, 1.54) is 23.0 Å². The van der Waals surface area contributed by atoms with E-state index in [4.69, 9.17) is 25.8 Å². The van der Waals surface area contributed by atoms with E-state index in [0.717, 1.165) is 10.0 Å². The molecule has 0 unspecified atom stereocenters. The summed E-state index contributed by atoms with van der Waals surface area (Å²) in [6, 6.07) is 13.3. The van der Waals surface area contributed by atoms with Gasteiger partial charge in [0.25, 0.3) is 5.56 Å². The van der Waals surface area contributed by atoms with Crippen molar-refractivity contribution in [2.45, 2.75) is 26.4 Å². The molecule has 10 nitrogen and oxygen atoms in total. The minimum Gasteiger partial charge on any atom is -0.481 e. The summed E-state index contributed by atoms with van der Waals surface area (Å²) in [7, 11) is 0. The highest BCUT2D eigenvalue weighted by atomic mass is 79.9. The number of aromatic nitrogens is 2. The highest BCUT2D eigenvalue weighted by Crippen LogP contribution is 2.37. The van der Waals surface area contributed by atoms with Crippen LogP contribution in [0.5, 0.6) is 17.2 Å². The van der Waals surface area contributed by atoms with Crippen LogP contribution in [-0.4, -0.2) is 27.6 Å². The van der Waals surface area contributed by atoms with E-state index < -0.39 is 4.92 Å². The first kappa shape index (κ1) is 25.7. The maximum absolute atomic E-state index is 13.2. The lowest BCUT2D eigenvalue weighted by Gasteiger charge is -2.12. The molecule has 0 saturated heterocycles. The molecule has 0 radical (unpaired) electrons. The van der Waals surface area contributed by atoms with E-state index >= 15 is 0 Å². The fourth-order valence-electron chi connectivity index (χ4n) is 3.91. The van der Waals surface area contributed by atoms with Crippen LogP contribution in [0.4, 0.5) is 5.69 Å². The van der Waals surface area contributed by atoms with E-state index in [9.17, 15) is 14.9 Å². The fourth-order valence-corrected chi connectivity index (χ4v) is 4.55. The van der Waals surface area contributed by atoms with Gasteiger partial charge in [0.05, 0.1) is 27.1 Å². The number of halogens is 2. The normalized spacial score (nSPS) is 12.6. The molecule has 0 spiro atoms. The van der Waals surface area contributed by atoms with Gasteiger partial charge in [-0.2, -0.15) is 9.78 Å². The number of hydrogen-bond acceptors (Lipinski definition) is 8. The summed E-state index contributed by atoms with van der Waals surface area (Å²) in [5.74, 6) is 1.45. The molecule has 1 aliphatic heterocycles. The average Bonchev–Trinajstić information content (AvgIpc) is 3.35. The van der Waals surface area contributed by atoms with E-state index in [2.05, 4.69) is 26.0 Å². The molecule has 0 amide bonds. The molecule has 4 aromatic rings. The number of nitro benzene ring substituents is 1. The van der Waals surface area contributed by atoms with Gasteiger partial charge >= 0.3 is 5.69 Å². The minimum absolute atomic E-state index is 0.0239. The van der Waals surface area contributed by atoms with Crippen LogP contribution in [-0.2, 0) is 6.61 Å². The Kier molecular flexibility index (Phi) is 7.04. The summed E-state index contributed by atoms with van der Waals surface area (Å²) in [4.78, 5) is 29.1. The average molecular weight is 600 g/mol. The highest BCUT2D eigenvalue weighted by Gasteiger charge is 2.22. The largest absolute Gasteiger partial charge is 0.481 e. The molecular weight excluding hydrogens is 580 g/mol. The number of nitrogens with zero attached hydrogens (tertiary/aromatic N) is 4. The summed E-state index contributed by atoms with van der Waals surface area (Å²) >= 11 is 9.78. The Balaban J connectivity index is 1.48. The van der Waals surface area contributed by atoms with Gasteiger partial charge in [-0.25, -0.2) is 4.98 Å². The predicted octanol–water partition coefficient (Wildman–Crippen LogP) is 6.03. The summed E-state index contributed by atoms with van der Waals surface area (Å²) in [5, 5.41) is 16.6. The van der Waals surface area contributed by atoms with E-state index in [1.807, 2.05) is 19.9 Å². The van der Waals surface area contributed by atoms with Gasteiger partial charge in [0.2, 0.25) is 12.5 Å². The zero-order chi connectivity index (χ0) is 27.0. The van der Waals surface area contributed by atoms with Crippen LogP contribution in [0.2, 0.25) is 5.02 Å². The minimum atomic E-state index is -0.584. The van der Waals surface area contributed by atoms with Crippen molar-refractivity contribution in [1.29, 1.82) is 0 Å². The smallest absolute Gasteiger partial charge is 0.313 e. The number of hydrogen-bond donors (Lipinski definition) is 0. The number of ether oxygens (including phenoxy) is 3. The molecule has 0 atom stereocenters. The molecule has 12 heteroatoms. The molecule has 2 heterocycles. The lowest BCUT2D eigenvalue weighted by Crippen LogP contribution is -2.23. The molecule has 1 aromatic heterocycles. The maximum Gasteiger partial charge on any atom is 0.313 e. The standard InChI is InChI=1S/C26H20BrClN4O6/c1-14(2)25-30-20-5-4-17(27)10-18(20)26(33)31(25)29-11-16-7-19(28)24(21(8-16)32(34)35)36-12-15-3-6-22-23(9-15)38-13-37-22/h3-11,14H,12-13H2,1-2H3. The summed E-state index contributed by atoms with van der Waals surface area (Å²) in [6.45, 7) is 3.95. The van der Waals surface area contributed by atoms with Crippen molar-refractivity contribution in [2.24, 2.45) is 5.10 Å². The summed E-state index contributed by atoms with van der Waals surface area (Å²) in [5.41, 5.74) is 0.891. The van der Waals surface area contributed by atoms with Crippen molar-refractivity contribution >= 4 is 50.3 Å². The van der Waals surface area contributed by atoms with Gasteiger partial charge in [0.15, 0.2) is 11.5 Å². The van der Waals surface area contributed by atoms with Crippen LogP contribution in [0, 0.1) is 10.1 Å². The third-order valence-corrected chi connectivity index (χ3v) is 6.51. The van der Waals surface area contributed by atoms with Gasteiger partial charge in [0, 0.05) is 22.0 Å². The first-order chi connectivity index (χ1) is 18.2. The third-order valence-electron chi connectivity index (χ3n) is 5.74. The summed E-state index contributed by atoms with van der Waals surface area (Å²) in [6.07, 6.45) is 1.33. The highest BCUT2D eigenvalue weighted by molar-refractivity contribution is 9.10. The monoisotopic (exact) mass is 598 g/mol. The van der Waals surface area contributed by atoms with Gasteiger partial charge in [-0.15, -0.1) is 0 Å². The Hall–Kier alpha value is -3.96. The Labute approximate surface area is 229 Å². The zero-order valence-corrected chi connectivity index (χ0v) is 22.5.